The monoisotopic (exact) mass is 486 g/mol. The van der Waals surface area contributed by atoms with Crippen LogP contribution in [0.3, 0.4) is 0 Å². The van der Waals surface area contributed by atoms with Crippen LogP contribution in [0, 0.1) is 5.92 Å². The summed E-state index contributed by atoms with van der Waals surface area (Å²) in [6, 6.07) is 9.54. The number of rotatable bonds is 6. The molecule has 2 aromatic rings. The van der Waals surface area contributed by atoms with Gasteiger partial charge < -0.3 is 16.0 Å². The highest BCUT2D eigenvalue weighted by Crippen LogP contribution is 2.30. The van der Waals surface area contributed by atoms with Crippen LogP contribution in [0.4, 0.5) is 5.69 Å². The lowest BCUT2D eigenvalue weighted by molar-refractivity contribution is -0.122. The third kappa shape index (κ3) is 6.84. The third-order valence-corrected chi connectivity index (χ3v) is 6.17. The van der Waals surface area contributed by atoms with Crippen LogP contribution in [0.1, 0.15) is 44.9 Å². The largest absolute Gasteiger partial charge is 0.339 e. The lowest BCUT2D eigenvalue weighted by atomic mass is 9.86. The Bertz CT molecular complexity index is 879. The maximum Gasteiger partial charge on any atom is 0.228 e. The van der Waals surface area contributed by atoms with Crippen molar-refractivity contribution in [3.05, 3.63) is 36.5 Å². The minimum absolute atomic E-state index is 0.168. The predicted octanol–water partition coefficient (Wildman–Crippen LogP) is 5.69. The Morgan fingerprint density at radius 1 is 1.13 bits per heavy atom. The third-order valence-electron chi connectivity index (χ3n) is 5.29. The van der Waals surface area contributed by atoms with E-state index in [2.05, 4.69) is 20.9 Å². The number of carbonyl (C=O) groups excluding carboxylic acids is 1. The van der Waals surface area contributed by atoms with Gasteiger partial charge in [0.15, 0.2) is 5.11 Å². The standard InChI is InChI=1S/C21H25Cl3N4OS/c22-21(23,24)19(27-17(29)12-11-14-6-2-1-3-7-14)28-20(30)26-16-10-4-8-15-9-5-13-25-18(15)16/h4-5,8-10,13-14,19H,1-3,6-7,11-12H2,(H,27,29)(H2,26,28,30). The summed E-state index contributed by atoms with van der Waals surface area (Å²) in [4.78, 5) is 16.8. The Kier molecular flexibility index (Phi) is 8.40. The molecule has 1 aliphatic carbocycles. The molecule has 1 unspecified atom stereocenters. The maximum atomic E-state index is 12.5. The molecule has 1 fully saturated rings. The number of thiocarbonyl (C=S) groups is 1. The van der Waals surface area contributed by atoms with E-state index in [0.717, 1.165) is 23.0 Å². The molecule has 1 atom stereocenters. The number of amides is 1. The van der Waals surface area contributed by atoms with Crippen molar-refractivity contribution in [1.82, 2.24) is 15.6 Å². The molecule has 0 saturated heterocycles. The fourth-order valence-corrected chi connectivity index (χ4v) is 4.29. The Hall–Kier alpha value is -1.34. The molecule has 1 saturated carbocycles. The van der Waals surface area contributed by atoms with Gasteiger partial charge in [0.2, 0.25) is 9.70 Å². The summed E-state index contributed by atoms with van der Waals surface area (Å²) in [5.41, 5.74) is 1.49. The first-order valence-electron chi connectivity index (χ1n) is 10.1. The van der Waals surface area contributed by atoms with Gasteiger partial charge in [-0.05, 0) is 36.7 Å². The van der Waals surface area contributed by atoms with Crippen molar-refractivity contribution in [1.29, 1.82) is 0 Å². The normalized spacial score (nSPS) is 16.1. The Balaban J connectivity index is 1.58. The van der Waals surface area contributed by atoms with Gasteiger partial charge in [0.05, 0.1) is 11.2 Å². The minimum Gasteiger partial charge on any atom is -0.339 e. The van der Waals surface area contributed by atoms with Crippen molar-refractivity contribution in [3.8, 4) is 0 Å². The number of nitrogens with zero attached hydrogens (tertiary/aromatic N) is 1. The summed E-state index contributed by atoms with van der Waals surface area (Å²) < 4.78 is -1.77. The summed E-state index contributed by atoms with van der Waals surface area (Å²) in [6.07, 6.45) is 8.14. The van der Waals surface area contributed by atoms with E-state index in [9.17, 15) is 4.79 Å². The maximum absolute atomic E-state index is 12.5. The molecular formula is C21H25Cl3N4OS. The first kappa shape index (κ1) is 23.3. The summed E-state index contributed by atoms with van der Waals surface area (Å²) in [6.45, 7) is 0. The summed E-state index contributed by atoms with van der Waals surface area (Å²) in [5.74, 6) is 0.435. The fraction of sp³-hybridized carbons (Fsp3) is 0.476. The highest BCUT2D eigenvalue weighted by Gasteiger charge is 2.34. The highest BCUT2D eigenvalue weighted by atomic mass is 35.6. The Morgan fingerprint density at radius 3 is 2.60 bits per heavy atom. The van der Waals surface area contributed by atoms with Gasteiger partial charge in [-0.15, -0.1) is 0 Å². The molecule has 0 bridgehead atoms. The van der Waals surface area contributed by atoms with Crippen molar-refractivity contribution < 1.29 is 4.79 Å². The van der Waals surface area contributed by atoms with Crippen molar-refractivity contribution in [2.24, 2.45) is 5.92 Å². The van der Waals surface area contributed by atoms with Crippen molar-refractivity contribution in [3.63, 3.8) is 0 Å². The van der Waals surface area contributed by atoms with E-state index in [4.69, 9.17) is 47.0 Å². The fourth-order valence-electron chi connectivity index (χ4n) is 3.74. The van der Waals surface area contributed by atoms with E-state index in [1.165, 1.54) is 32.1 Å². The molecule has 0 spiro atoms. The molecule has 162 valence electrons. The van der Waals surface area contributed by atoms with Crippen molar-refractivity contribution in [2.75, 3.05) is 5.32 Å². The van der Waals surface area contributed by atoms with Crippen LogP contribution in [0.25, 0.3) is 10.9 Å². The van der Waals surface area contributed by atoms with Crippen LogP contribution in [-0.2, 0) is 4.79 Å². The average molecular weight is 488 g/mol. The van der Waals surface area contributed by atoms with Crippen LogP contribution < -0.4 is 16.0 Å². The summed E-state index contributed by atoms with van der Waals surface area (Å²) in [7, 11) is 0. The second kappa shape index (κ2) is 10.8. The van der Waals surface area contributed by atoms with Gasteiger partial charge >= 0.3 is 0 Å². The van der Waals surface area contributed by atoms with E-state index >= 15 is 0 Å². The smallest absolute Gasteiger partial charge is 0.228 e. The Morgan fingerprint density at radius 2 is 1.87 bits per heavy atom. The zero-order chi connectivity index (χ0) is 21.6. The van der Waals surface area contributed by atoms with Gasteiger partial charge in [0.1, 0.15) is 6.17 Å². The molecule has 3 rings (SSSR count). The molecule has 30 heavy (non-hydrogen) atoms. The zero-order valence-corrected chi connectivity index (χ0v) is 19.6. The van der Waals surface area contributed by atoms with Gasteiger partial charge in [0.25, 0.3) is 0 Å². The molecule has 9 heteroatoms. The molecule has 0 aliphatic heterocycles. The number of fused-ring (bicyclic) bond motifs is 1. The van der Waals surface area contributed by atoms with Crippen molar-refractivity contribution >= 4 is 74.6 Å². The summed E-state index contributed by atoms with van der Waals surface area (Å²) in [5, 5.41) is 9.93. The van der Waals surface area contributed by atoms with E-state index in [0.29, 0.717) is 12.3 Å². The molecule has 5 nitrogen and oxygen atoms in total. The van der Waals surface area contributed by atoms with Gasteiger partial charge in [-0.2, -0.15) is 0 Å². The van der Waals surface area contributed by atoms with Crippen LogP contribution >= 0.6 is 47.0 Å². The second-order valence-electron chi connectivity index (χ2n) is 7.56. The molecule has 1 amide bonds. The van der Waals surface area contributed by atoms with E-state index in [1.54, 1.807) is 6.20 Å². The number of benzene rings is 1. The first-order valence-corrected chi connectivity index (χ1v) is 11.6. The molecule has 3 N–H and O–H groups in total. The number of hydrogen-bond acceptors (Lipinski definition) is 3. The number of hydrogen-bond donors (Lipinski definition) is 3. The number of halogens is 3. The molecule has 1 heterocycles. The van der Waals surface area contributed by atoms with E-state index in [1.807, 2.05) is 30.3 Å². The number of pyridine rings is 1. The van der Waals surface area contributed by atoms with E-state index in [-0.39, 0.29) is 11.0 Å². The van der Waals surface area contributed by atoms with Crippen LogP contribution in [-0.4, -0.2) is 26.0 Å². The summed E-state index contributed by atoms with van der Waals surface area (Å²) >= 11 is 23.7. The molecule has 0 radical (unpaired) electrons. The highest BCUT2D eigenvalue weighted by molar-refractivity contribution is 7.80. The van der Waals surface area contributed by atoms with Gasteiger partial charge in [-0.1, -0.05) is 85.1 Å². The van der Waals surface area contributed by atoms with Crippen LogP contribution in [0.5, 0.6) is 0 Å². The number of nitrogens with one attached hydrogen (secondary N) is 3. The SMILES string of the molecule is O=C(CCC1CCCCC1)NC(NC(=S)Nc1cccc2cccnc12)C(Cl)(Cl)Cl. The van der Waals surface area contributed by atoms with Crippen molar-refractivity contribution in [2.45, 2.75) is 54.9 Å². The molecular weight excluding hydrogens is 463 g/mol. The second-order valence-corrected chi connectivity index (χ2v) is 10.3. The number of aromatic nitrogens is 1. The predicted molar refractivity (Wildman–Crippen MR) is 129 cm³/mol. The quantitative estimate of drug-likeness (QED) is 0.277. The zero-order valence-electron chi connectivity index (χ0n) is 16.5. The molecule has 1 aromatic heterocycles. The average Bonchev–Trinajstić information content (AvgIpc) is 2.72. The number of anilines is 1. The Labute approximate surface area is 197 Å². The molecule has 1 aliphatic rings. The number of para-hydroxylation sites is 1. The molecule has 1 aromatic carbocycles. The number of alkyl halides is 3. The first-order chi connectivity index (χ1) is 14.3. The van der Waals surface area contributed by atoms with Gasteiger partial charge in [-0.25, -0.2) is 0 Å². The topological polar surface area (TPSA) is 66.1 Å². The van der Waals surface area contributed by atoms with Crippen LogP contribution in [0.15, 0.2) is 36.5 Å². The van der Waals surface area contributed by atoms with E-state index < -0.39 is 9.96 Å². The lowest BCUT2D eigenvalue weighted by Crippen LogP contribution is -2.56. The van der Waals surface area contributed by atoms with Gasteiger partial charge in [-0.3, -0.25) is 9.78 Å². The van der Waals surface area contributed by atoms with Crippen LogP contribution in [0.2, 0.25) is 0 Å². The minimum atomic E-state index is -1.77. The lowest BCUT2D eigenvalue weighted by Gasteiger charge is -2.28. The number of carbonyl (C=O) groups is 1. The van der Waals surface area contributed by atoms with Gasteiger partial charge in [0, 0.05) is 18.0 Å².